The van der Waals surface area contributed by atoms with E-state index in [0.717, 1.165) is 18.8 Å². The molecule has 1 aromatic rings. The molecule has 3 N–H and O–H groups in total. The van der Waals surface area contributed by atoms with E-state index < -0.39 is 5.60 Å². The lowest BCUT2D eigenvalue weighted by molar-refractivity contribution is -0.158. The number of piperidine rings is 1. The maximum atomic E-state index is 12.6. The third kappa shape index (κ3) is 4.27. The molecule has 2 heterocycles. The van der Waals surface area contributed by atoms with Crippen LogP contribution < -0.4 is 5.32 Å². The van der Waals surface area contributed by atoms with Crippen molar-refractivity contribution in [1.29, 1.82) is 0 Å². The van der Waals surface area contributed by atoms with Crippen molar-refractivity contribution in [2.45, 2.75) is 52.7 Å². The molecular formula is C15H27N5O2. The van der Waals surface area contributed by atoms with Gasteiger partial charge in [-0.15, -0.1) is 0 Å². The predicted molar refractivity (Wildman–Crippen MR) is 83.0 cm³/mol. The van der Waals surface area contributed by atoms with E-state index in [0.29, 0.717) is 25.3 Å². The molecule has 124 valence electrons. The Balaban J connectivity index is 1.91. The van der Waals surface area contributed by atoms with Gasteiger partial charge in [0.2, 0.25) is 0 Å². The number of aromatic nitrogens is 3. The Morgan fingerprint density at radius 1 is 1.45 bits per heavy atom. The molecule has 1 amide bonds. The van der Waals surface area contributed by atoms with Crippen molar-refractivity contribution in [3.8, 4) is 0 Å². The van der Waals surface area contributed by atoms with Gasteiger partial charge in [0.25, 0.3) is 5.91 Å². The van der Waals surface area contributed by atoms with Crippen molar-refractivity contribution in [2.24, 2.45) is 5.41 Å². The molecule has 1 saturated heterocycles. The highest BCUT2D eigenvalue weighted by atomic mass is 16.3. The third-order valence-electron chi connectivity index (χ3n) is 3.71. The summed E-state index contributed by atoms with van der Waals surface area (Å²) in [5, 5.41) is 20.6. The molecule has 1 atom stereocenters. The summed E-state index contributed by atoms with van der Waals surface area (Å²) in [5.41, 5.74) is -1.30. The molecule has 22 heavy (non-hydrogen) atoms. The largest absolute Gasteiger partial charge is 0.379 e. The maximum absolute atomic E-state index is 12.6. The Labute approximate surface area is 131 Å². The van der Waals surface area contributed by atoms with Crippen molar-refractivity contribution >= 4 is 5.91 Å². The van der Waals surface area contributed by atoms with Crippen LogP contribution in [0.25, 0.3) is 0 Å². The predicted octanol–water partition coefficient (Wildman–Crippen LogP) is 0.602. The van der Waals surface area contributed by atoms with Gasteiger partial charge in [-0.05, 0) is 25.2 Å². The first-order valence-corrected chi connectivity index (χ1v) is 7.80. The van der Waals surface area contributed by atoms with E-state index in [-0.39, 0.29) is 17.9 Å². The fourth-order valence-electron chi connectivity index (χ4n) is 2.80. The molecular weight excluding hydrogens is 282 g/mol. The van der Waals surface area contributed by atoms with Gasteiger partial charge in [0.15, 0.2) is 11.4 Å². The van der Waals surface area contributed by atoms with Crippen LogP contribution in [0.1, 0.15) is 45.3 Å². The highest BCUT2D eigenvalue weighted by Gasteiger charge is 2.42. The summed E-state index contributed by atoms with van der Waals surface area (Å²) in [5.74, 6) is 1.21. The number of rotatable bonds is 5. The number of H-pyrrole nitrogens is 1. The third-order valence-corrected chi connectivity index (χ3v) is 3.71. The molecule has 1 aromatic heterocycles. The normalized spacial score (nSPS) is 23.1. The number of nitrogens with zero attached hydrogens (tertiary/aromatic N) is 3. The van der Waals surface area contributed by atoms with E-state index in [9.17, 15) is 9.90 Å². The Kier molecular flexibility index (Phi) is 4.87. The molecule has 1 unspecified atom stereocenters. The lowest BCUT2D eigenvalue weighted by atomic mass is 9.88. The van der Waals surface area contributed by atoms with Gasteiger partial charge in [-0.25, -0.2) is 4.98 Å². The van der Waals surface area contributed by atoms with Gasteiger partial charge in [0.05, 0.1) is 6.54 Å². The van der Waals surface area contributed by atoms with Crippen LogP contribution in [-0.4, -0.2) is 56.3 Å². The fourth-order valence-corrected chi connectivity index (χ4v) is 2.80. The zero-order valence-corrected chi connectivity index (χ0v) is 13.9. The molecule has 0 spiro atoms. The van der Waals surface area contributed by atoms with Crippen LogP contribution in [0.2, 0.25) is 0 Å². The molecule has 0 aromatic carbocycles. The van der Waals surface area contributed by atoms with Crippen LogP contribution in [0.3, 0.4) is 0 Å². The monoisotopic (exact) mass is 309 g/mol. The summed E-state index contributed by atoms with van der Waals surface area (Å²) < 4.78 is 0. The Morgan fingerprint density at radius 3 is 2.77 bits per heavy atom. The first-order valence-electron chi connectivity index (χ1n) is 7.80. The molecule has 1 aliphatic rings. The van der Waals surface area contributed by atoms with Crippen molar-refractivity contribution in [3.05, 3.63) is 11.6 Å². The molecule has 0 saturated carbocycles. The highest BCUT2D eigenvalue weighted by molar-refractivity contribution is 5.86. The van der Waals surface area contributed by atoms with E-state index in [2.05, 4.69) is 41.3 Å². The lowest BCUT2D eigenvalue weighted by Crippen LogP contribution is -2.59. The maximum Gasteiger partial charge on any atom is 0.255 e. The van der Waals surface area contributed by atoms with Crippen LogP contribution in [0, 0.1) is 12.3 Å². The summed E-state index contributed by atoms with van der Waals surface area (Å²) in [6.07, 6.45) is 1.31. The molecule has 0 bridgehead atoms. The number of likely N-dealkylation sites (tertiary alicyclic amines) is 1. The van der Waals surface area contributed by atoms with Gasteiger partial charge in [-0.3, -0.25) is 9.89 Å². The number of hydrogen-bond donors (Lipinski definition) is 3. The summed E-state index contributed by atoms with van der Waals surface area (Å²) in [6.45, 7) is 10.2. The highest BCUT2D eigenvalue weighted by Crippen LogP contribution is 2.25. The minimum atomic E-state index is -1.32. The number of amides is 1. The van der Waals surface area contributed by atoms with Gasteiger partial charge >= 0.3 is 0 Å². The number of nitrogens with one attached hydrogen (secondary N) is 2. The van der Waals surface area contributed by atoms with E-state index in [1.54, 1.807) is 4.90 Å². The Morgan fingerprint density at radius 2 is 2.18 bits per heavy atom. The lowest BCUT2D eigenvalue weighted by Gasteiger charge is -2.40. The smallest absolute Gasteiger partial charge is 0.255 e. The van der Waals surface area contributed by atoms with Crippen LogP contribution in [0.4, 0.5) is 0 Å². The second-order valence-corrected chi connectivity index (χ2v) is 7.36. The molecule has 1 aliphatic heterocycles. The Bertz CT molecular complexity index is 522. The summed E-state index contributed by atoms with van der Waals surface area (Å²) in [7, 11) is 0. The van der Waals surface area contributed by atoms with Gasteiger partial charge in [-0.1, -0.05) is 20.8 Å². The molecule has 7 heteroatoms. The second-order valence-electron chi connectivity index (χ2n) is 7.36. The summed E-state index contributed by atoms with van der Waals surface area (Å²) in [6, 6.07) is 0. The molecule has 0 aliphatic carbocycles. The molecule has 1 fully saturated rings. The van der Waals surface area contributed by atoms with Gasteiger partial charge in [0.1, 0.15) is 5.82 Å². The minimum absolute atomic E-state index is 0.0256. The topological polar surface area (TPSA) is 94.1 Å². The average molecular weight is 309 g/mol. The van der Waals surface area contributed by atoms with Crippen LogP contribution in [-0.2, 0) is 11.3 Å². The van der Waals surface area contributed by atoms with E-state index in [1.165, 1.54) is 0 Å². The number of carbonyl (C=O) groups excluding carboxylic acids is 1. The van der Waals surface area contributed by atoms with Crippen LogP contribution in [0.15, 0.2) is 0 Å². The summed E-state index contributed by atoms with van der Waals surface area (Å²) >= 11 is 0. The minimum Gasteiger partial charge on any atom is -0.379 e. The SMILES string of the molecule is Cc1nc(CNCC2(O)CCCN(CC(C)(C)C)C2=O)n[nH]1. The Hall–Kier alpha value is -1.47. The standard InChI is InChI=1S/C15H27N5O2/c1-11-17-12(19-18-11)8-16-9-15(22)6-5-7-20(13(15)21)10-14(2,3)4/h16,22H,5-10H2,1-4H3,(H,17,18,19). The van der Waals surface area contributed by atoms with Crippen LogP contribution >= 0.6 is 0 Å². The zero-order valence-electron chi connectivity index (χ0n) is 13.9. The first-order chi connectivity index (χ1) is 10.2. The number of aromatic amines is 1. The number of aliphatic hydroxyl groups is 1. The average Bonchev–Trinajstić information content (AvgIpc) is 2.80. The zero-order chi connectivity index (χ0) is 16.4. The van der Waals surface area contributed by atoms with Gasteiger partial charge in [0, 0.05) is 19.6 Å². The van der Waals surface area contributed by atoms with Gasteiger partial charge < -0.3 is 15.3 Å². The molecule has 0 radical (unpaired) electrons. The van der Waals surface area contributed by atoms with Crippen molar-refractivity contribution in [3.63, 3.8) is 0 Å². The first kappa shape index (κ1) is 16.9. The van der Waals surface area contributed by atoms with E-state index in [4.69, 9.17) is 0 Å². The van der Waals surface area contributed by atoms with Crippen molar-refractivity contribution in [1.82, 2.24) is 25.4 Å². The van der Waals surface area contributed by atoms with Crippen LogP contribution in [0.5, 0.6) is 0 Å². The molecule has 7 nitrogen and oxygen atoms in total. The number of carbonyl (C=O) groups is 1. The van der Waals surface area contributed by atoms with E-state index in [1.807, 2.05) is 6.92 Å². The van der Waals surface area contributed by atoms with Gasteiger partial charge in [-0.2, -0.15) is 5.10 Å². The fraction of sp³-hybridized carbons (Fsp3) is 0.800. The molecule has 2 rings (SSSR count). The van der Waals surface area contributed by atoms with E-state index >= 15 is 0 Å². The summed E-state index contributed by atoms with van der Waals surface area (Å²) in [4.78, 5) is 18.5. The number of hydrogen-bond acceptors (Lipinski definition) is 5. The van der Waals surface area contributed by atoms with Crippen molar-refractivity contribution < 1.29 is 9.90 Å². The van der Waals surface area contributed by atoms with Crippen molar-refractivity contribution in [2.75, 3.05) is 19.6 Å². The second kappa shape index (κ2) is 6.34. The quantitative estimate of drug-likeness (QED) is 0.740. The number of aryl methyl sites for hydroxylation is 1.